The molecule has 1 aromatic rings. The number of likely N-dealkylation sites (N-methyl/N-ethyl adjacent to an activating group) is 1. The van der Waals surface area contributed by atoms with E-state index in [1.54, 1.807) is 18.9 Å². The van der Waals surface area contributed by atoms with Crippen molar-refractivity contribution in [2.45, 2.75) is 32.9 Å². The van der Waals surface area contributed by atoms with Crippen molar-refractivity contribution in [3.05, 3.63) is 35.9 Å². The Morgan fingerprint density at radius 2 is 1.79 bits per heavy atom. The van der Waals surface area contributed by atoms with Crippen LogP contribution in [0.5, 0.6) is 0 Å². The Labute approximate surface area is 142 Å². The maximum atomic E-state index is 12.0. The lowest BCUT2D eigenvalue weighted by atomic mass is 10.2. The minimum Gasteiger partial charge on any atom is -0.355 e. The summed E-state index contributed by atoms with van der Waals surface area (Å²) in [6.07, 6.45) is 0.120. The second-order valence-corrected chi connectivity index (χ2v) is 5.51. The molecule has 1 atom stereocenters. The molecule has 0 saturated heterocycles. The summed E-state index contributed by atoms with van der Waals surface area (Å²) in [5.41, 5.74) is 1.03. The highest BCUT2D eigenvalue weighted by Crippen LogP contribution is 2.02. The van der Waals surface area contributed by atoms with E-state index >= 15 is 0 Å². The molecule has 0 aliphatic rings. The van der Waals surface area contributed by atoms with Crippen molar-refractivity contribution in [2.75, 3.05) is 20.1 Å². The molecule has 0 aliphatic heterocycles. The topological polar surface area (TPSA) is 90.5 Å². The van der Waals surface area contributed by atoms with Crippen molar-refractivity contribution < 1.29 is 14.4 Å². The van der Waals surface area contributed by atoms with Crippen molar-refractivity contribution >= 4 is 17.8 Å². The zero-order valence-electron chi connectivity index (χ0n) is 14.5. The number of carbonyl (C=O) groups excluding carboxylic acids is 3. The SMILES string of the molecule is CCNC(=O)C(C)NC(=O)CCNC(=O)N(C)Cc1ccccc1. The molecule has 0 spiro atoms. The molecule has 1 aromatic carbocycles. The second kappa shape index (κ2) is 10.3. The predicted octanol–water partition coefficient (Wildman–Crippen LogP) is 0.859. The molecule has 7 nitrogen and oxygen atoms in total. The van der Waals surface area contributed by atoms with Gasteiger partial charge in [0.2, 0.25) is 11.8 Å². The zero-order valence-corrected chi connectivity index (χ0v) is 14.5. The Kier molecular flexibility index (Phi) is 8.32. The first kappa shape index (κ1) is 19.5. The summed E-state index contributed by atoms with van der Waals surface area (Å²) in [4.78, 5) is 36.8. The van der Waals surface area contributed by atoms with Crippen LogP contribution in [0.4, 0.5) is 4.79 Å². The summed E-state index contributed by atoms with van der Waals surface area (Å²) in [5.74, 6) is -0.503. The van der Waals surface area contributed by atoms with E-state index in [4.69, 9.17) is 0 Å². The van der Waals surface area contributed by atoms with Crippen LogP contribution in [0.15, 0.2) is 30.3 Å². The van der Waals surface area contributed by atoms with Gasteiger partial charge in [0.1, 0.15) is 6.04 Å². The minimum absolute atomic E-state index is 0.120. The third-order valence-corrected chi connectivity index (χ3v) is 3.36. The van der Waals surface area contributed by atoms with E-state index in [-0.39, 0.29) is 30.8 Å². The Morgan fingerprint density at radius 3 is 2.42 bits per heavy atom. The number of nitrogens with zero attached hydrogens (tertiary/aromatic N) is 1. The molecular formula is C17H26N4O3. The number of hydrogen-bond donors (Lipinski definition) is 3. The molecule has 4 amide bonds. The summed E-state index contributed by atoms with van der Waals surface area (Å²) in [6.45, 7) is 4.66. The lowest BCUT2D eigenvalue weighted by Crippen LogP contribution is -2.45. The van der Waals surface area contributed by atoms with E-state index in [1.807, 2.05) is 37.3 Å². The number of carbonyl (C=O) groups is 3. The zero-order chi connectivity index (χ0) is 17.9. The van der Waals surface area contributed by atoms with E-state index in [9.17, 15) is 14.4 Å². The van der Waals surface area contributed by atoms with Crippen molar-refractivity contribution in [1.82, 2.24) is 20.9 Å². The number of urea groups is 1. The Balaban J connectivity index is 2.27. The molecule has 0 fully saturated rings. The summed E-state index contributed by atoms with van der Waals surface area (Å²) in [6, 6.07) is 8.81. The summed E-state index contributed by atoms with van der Waals surface area (Å²) >= 11 is 0. The lowest BCUT2D eigenvalue weighted by Gasteiger charge is -2.18. The van der Waals surface area contributed by atoms with Gasteiger partial charge in [0.05, 0.1) is 0 Å². The number of benzene rings is 1. The van der Waals surface area contributed by atoms with Gasteiger partial charge in [0, 0.05) is 33.1 Å². The van der Waals surface area contributed by atoms with Gasteiger partial charge in [-0.25, -0.2) is 4.79 Å². The van der Waals surface area contributed by atoms with Crippen molar-refractivity contribution in [1.29, 1.82) is 0 Å². The highest BCUT2D eigenvalue weighted by molar-refractivity contribution is 5.87. The van der Waals surface area contributed by atoms with Gasteiger partial charge in [-0.3, -0.25) is 9.59 Å². The van der Waals surface area contributed by atoms with Crippen LogP contribution >= 0.6 is 0 Å². The number of amides is 4. The molecule has 0 bridgehead atoms. The van der Waals surface area contributed by atoms with Crippen molar-refractivity contribution in [3.8, 4) is 0 Å². The number of hydrogen-bond acceptors (Lipinski definition) is 3. The van der Waals surface area contributed by atoms with Gasteiger partial charge in [-0.1, -0.05) is 30.3 Å². The van der Waals surface area contributed by atoms with Crippen LogP contribution in [-0.4, -0.2) is 48.9 Å². The molecule has 0 saturated carbocycles. The van der Waals surface area contributed by atoms with Crippen molar-refractivity contribution in [2.24, 2.45) is 0 Å². The quantitative estimate of drug-likeness (QED) is 0.658. The molecule has 0 heterocycles. The molecule has 7 heteroatoms. The van der Waals surface area contributed by atoms with Gasteiger partial charge >= 0.3 is 6.03 Å². The molecule has 1 unspecified atom stereocenters. The molecule has 1 rings (SSSR count). The molecule has 132 valence electrons. The molecular weight excluding hydrogens is 308 g/mol. The molecule has 0 aromatic heterocycles. The average Bonchev–Trinajstić information content (AvgIpc) is 2.55. The average molecular weight is 334 g/mol. The fourth-order valence-corrected chi connectivity index (χ4v) is 2.05. The predicted molar refractivity (Wildman–Crippen MR) is 92.2 cm³/mol. The highest BCUT2D eigenvalue weighted by atomic mass is 16.2. The Hall–Kier alpha value is -2.57. The van der Waals surface area contributed by atoms with E-state index in [0.29, 0.717) is 13.1 Å². The van der Waals surface area contributed by atoms with Crippen molar-refractivity contribution in [3.63, 3.8) is 0 Å². The van der Waals surface area contributed by atoms with Gasteiger partial charge in [-0.15, -0.1) is 0 Å². The van der Waals surface area contributed by atoms with Gasteiger partial charge in [-0.05, 0) is 19.4 Å². The van der Waals surface area contributed by atoms with Crippen LogP contribution in [0.3, 0.4) is 0 Å². The van der Waals surface area contributed by atoms with Crippen LogP contribution in [0, 0.1) is 0 Å². The molecule has 3 N–H and O–H groups in total. The van der Waals surface area contributed by atoms with Crippen LogP contribution in [0.1, 0.15) is 25.8 Å². The van der Waals surface area contributed by atoms with E-state index in [2.05, 4.69) is 16.0 Å². The Morgan fingerprint density at radius 1 is 1.12 bits per heavy atom. The smallest absolute Gasteiger partial charge is 0.317 e. The third-order valence-electron chi connectivity index (χ3n) is 3.36. The third kappa shape index (κ3) is 7.13. The first-order valence-corrected chi connectivity index (χ1v) is 8.04. The van der Waals surface area contributed by atoms with Crippen LogP contribution < -0.4 is 16.0 Å². The first-order valence-electron chi connectivity index (χ1n) is 8.04. The van der Waals surface area contributed by atoms with Gasteiger partial charge in [0.15, 0.2) is 0 Å². The fourth-order valence-electron chi connectivity index (χ4n) is 2.05. The molecule has 24 heavy (non-hydrogen) atoms. The first-order chi connectivity index (χ1) is 11.4. The van der Waals surface area contributed by atoms with Crippen LogP contribution in [0.25, 0.3) is 0 Å². The summed E-state index contributed by atoms with van der Waals surface area (Å²) in [7, 11) is 1.69. The van der Waals surface area contributed by atoms with E-state index in [0.717, 1.165) is 5.56 Å². The summed E-state index contributed by atoms with van der Waals surface area (Å²) in [5, 5.41) is 7.91. The van der Waals surface area contributed by atoms with Crippen LogP contribution in [0.2, 0.25) is 0 Å². The standard InChI is InChI=1S/C17H26N4O3/c1-4-18-16(23)13(2)20-15(22)10-11-19-17(24)21(3)12-14-8-6-5-7-9-14/h5-9,13H,4,10-12H2,1-3H3,(H,18,23)(H,19,24)(H,20,22). The number of rotatable bonds is 8. The molecule has 0 radical (unpaired) electrons. The van der Waals surface area contributed by atoms with Gasteiger partial charge in [-0.2, -0.15) is 0 Å². The second-order valence-electron chi connectivity index (χ2n) is 5.51. The maximum Gasteiger partial charge on any atom is 0.317 e. The van der Waals surface area contributed by atoms with Gasteiger partial charge in [0.25, 0.3) is 0 Å². The van der Waals surface area contributed by atoms with Crippen LogP contribution in [-0.2, 0) is 16.1 Å². The lowest BCUT2D eigenvalue weighted by molar-refractivity contribution is -0.128. The summed E-state index contributed by atoms with van der Waals surface area (Å²) < 4.78 is 0. The molecule has 0 aliphatic carbocycles. The Bertz CT molecular complexity index is 548. The number of nitrogens with one attached hydrogen (secondary N) is 3. The largest absolute Gasteiger partial charge is 0.355 e. The highest BCUT2D eigenvalue weighted by Gasteiger charge is 2.15. The van der Waals surface area contributed by atoms with E-state index in [1.165, 1.54) is 0 Å². The fraction of sp³-hybridized carbons (Fsp3) is 0.471. The van der Waals surface area contributed by atoms with E-state index < -0.39 is 6.04 Å². The maximum absolute atomic E-state index is 12.0. The minimum atomic E-state index is -0.589. The normalized spacial score (nSPS) is 11.3. The monoisotopic (exact) mass is 334 g/mol. The van der Waals surface area contributed by atoms with Gasteiger partial charge < -0.3 is 20.9 Å².